The van der Waals surface area contributed by atoms with Crippen LogP contribution in [0.1, 0.15) is 18.4 Å². The first-order valence-corrected chi connectivity index (χ1v) is 5.89. The molecule has 1 aromatic carbocycles. The van der Waals surface area contributed by atoms with E-state index in [-0.39, 0.29) is 5.91 Å². The molecule has 0 atom stereocenters. The number of rotatable bonds is 5. The largest absolute Gasteiger partial charge is 0.496 e. The van der Waals surface area contributed by atoms with Crippen molar-refractivity contribution in [3.63, 3.8) is 0 Å². The highest BCUT2D eigenvalue weighted by atomic mass is 16.5. The number of ether oxygens (including phenoxy) is 1. The fourth-order valence-electron chi connectivity index (χ4n) is 2.14. The van der Waals surface area contributed by atoms with Crippen molar-refractivity contribution >= 4 is 18.0 Å². The third-order valence-electron chi connectivity index (χ3n) is 3.04. The second-order valence-corrected chi connectivity index (χ2v) is 4.21. The number of likely N-dealkylation sites (tertiary alicyclic amines) is 1. The van der Waals surface area contributed by atoms with E-state index in [4.69, 9.17) is 4.74 Å². The molecule has 0 saturated carbocycles. The Kier molecular flexibility index (Phi) is 3.82. The molecule has 1 aliphatic heterocycles. The van der Waals surface area contributed by atoms with Crippen LogP contribution >= 0.6 is 0 Å². The molecule has 5 nitrogen and oxygen atoms in total. The van der Waals surface area contributed by atoms with Gasteiger partial charge in [0.05, 0.1) is 7.11 Å². The average molecular weight is 248 g/mol. The molecule has 0 unspecified atom stereocenters. The predicted octanol–water partition coefficient (Wildman–Crippen LogP) is 1.39. The van der Waals surface area contributed by atoms with Gasteiger partial charge >= 0.3 is 0 Å². The number of benzene rings is 1. The zero-order valence-corrected chi connectivity index (χ0v) is 10.3. The van der Waals surface area contributed by atoms with Crippen molar-refractivity contribution in [2.24, 2.45) is 0 Å². The standard InChI is InChI=1S/C13H16N2O3/c1-18-12-5-4-11(14-9-16)7-10(12)8-15-6-2-3-13(15)17/h4-5,7,9H,2-3,6,8H2,1H3,(H,14,16). The van der Waals surface area contributed by atoms with E-state index in [1.54, 1.807) is 19.2 Å². The number of methoxy groups -OCH3 is 1. The summed E-state index contributed by atoms with van der Waals surface area (Å²) >= 11 is 0. The van der Waals surface area contributed by atoms with Crippen molar-refractivity contribution in [3.8, 4) is 5.75 Å². The molecule has 96 valence electrons. The second kappa shape index (κ2) is 5.53. The van der Waals surface area contributed by atoms with E-state index in [0.717, 1.165) is 24.3 Å². The molecule has 2 amide bonds. The number of nitrogens with one attached hydrogen (secondary N) is 1. The molecule has 0 aromatic heterocycles. The Hall–Kier alpha value is -2.04. The highest BCUT2D eigenvalue weighted by Gasteiger charge is 2.21. The number of nitrogens with zero attached hydrogens (tertiary/aromatic N) is 1. The van der Waals surface area contributed by atoms with Gasteiger partial charge in [0.25, 0.3) is 0 Å². The smallest absolute Gasteiger partial charge is 0.222 e. The fourth-order valence-corrected chi connectivity index (χ4v) is 2.14. The van der Waals surface area contributed by atoms with Crippen LogP contribution in [-0.4, -0.2) is 30.9 Å². The van der Waals surface area contributed by atoms with Crippen molar-refractivity contribution < 1.29 is 14.3 Å². The van der Waals surface area contributed by atoms with Gasteiger partial charge in [0.1, 0.15) is 5.75 Å². The van der Waals surface area contributed by atoms with E-state index >= 15 is 0 Å². The van der Waals surface area contributed by atoms with Gasteiger partial charge in [0.2, 0.25) is 12.3 Å². The lowest BCUT2D eigenvalue weighted by molar-refractivity contribution is -0.128. The summed E-state index contributed by atoms with van der Waals surface area (Å²) in [5.74, 6) is 0.900. The van der Waals surface area contributed by atoms with Gasteiger partial charge in [-0.05, 0) is 24.6 Å². The first-order valence-electron chi connectivity index (χ1n) is 5.89. The van der Waals surface area contributed by atoms with Crippen LogP contribution in [0.5, 0.6) is 5.75 Å². The summed E-state index contributed by atoms with van der Waals surface area (Å²) in [5.41, 5.74) is 1.60. The Morgan fingerprint density at radius 3 is 2.94 bits per heavy atom. The van der Waals surface area contributed by atoms with Crippen LogP contribution in [0.4, 0.5) is 5.69 Å². The molecule has 0 bridgehead atoms. The fraction of sp³-hybridized carbons (Fsp3) is 0.385. The molecular weight excluding hydrogens is 232 g/mol. The Morgan fingerprint density at radius 2 is 2.33 bits per heavy atom. The van der Waals surface area contributed by atoms with E-state index in [1.807, 2.05) is 11.0 Å². The molecule has 1 heterocycles. The Labute approximate surface area is 106 Å². The molecule has 5 heteroatoms. The van der Waals surface area contributed by atoms with Gasteiger partial charge in [-0.2, -0.15) is 0 Å². The summed E-state index contributed by atoms with van der Waals surface area (Å²) in [5, 5.41) is 2.60. The zero-order valence-electron chi connectivity index (χ0n) is 10.3. The maximum Gasteiger partial charge on any atom is 0.222 e. The number of anilines is 1. The van der Waals surface area contributed by atoms with Gasteiger partial charge in [0, 0.05) is 30.8 Å². The van der Waals surface area contributed by atoms with E-state index in [1.165, 1.54) is 0 Å². The minimum absolute atomic E-state index is 0.172. The highest BCUT2D eigenvalue weighted by Crippen LogP contribution is 2.25. The van der Waals surface area contributed by atoms with Crippen LogP contribution < -0.4 is 10.1 Å². The van der Waals surface area contributed by atoms with Gasteiger partial charge in [-0.1, -0.05) is 0 Å². The molecule has 1 aromatic rings. The number of hydrogen-bond donors (Lipinski definition) is 1. The summed E-state index contributed by atoms with van der Waals surface area (Å²) in [6, 6.07) is 5.39. The SMILES string of the molecule is COc1ccc(NC=O)cc1CN1CCCC1=O. The molecule has 1 aliphatic rings. The first kappa shape index (κ1) is 12.4. The van der Waals surface area contributed by atoms with E-state index in [0.29, 0.717) is 25.1 Å². The van der Waals surface area contributed by atoms with Crippen molar-refractivity contribution in [3.05, 3.63) is 23.8 Å². The first-order chi connectivity index (χ1) is 8.74. The Balaban J connectivity index is 2.20. The monoisotopic (exact) mass is 248 g/mol. The van der Waals surface area contributed by atoms with E-state index < -0.39 is 0 Å². The Morgan fingerprint density at radius 1 is 1.50 bits per heavy atom. The van der Waals surface area contributed by atoms with Crippen LogP contribution in [-0.2, 0) is 16.1 Å². The molecule has 0 spiro atoms. The topological polar surface area (TPSA) is 58.6 Å². The molecule has 0 radical (unpaired) electrons. The summed E-state index contributed by atoms with van der Waals surface area (Å²) in [4.78, 5) is 23.8. The van der Waals surface area contributed by atoms with Gasteiger partial charge in [-0.15, -0.1) is 0 Å². The molecular formula is C13H16N2O3. The number of amides is 2. The summed E-state index contributed by atoms with van der Waals surface area (Å²) in [6.07, 6.45) is 2.16. The lowest BCUT2D eigenvalue weighted by Gasteiger charge is -2.18. The molecule has 1 N–H and O–H groups in total. The maximum absolute atomic E-state index is 11.6. The van der Waals surface area contributed by atoms with Crippen molar-refractivity contribution in [2.75, 3.05) is 19.0 Å². The molecule has 2 rings (SSSR count). The average Bonchev–Trinajstić information content (AvgIpc) is 2.76. The normalized spacial score (nSPS) is 14.7. The third-order valence-corrected chi connectivity index (χ3v) is 3.04. The quantitative estimate of drug-likeness (QED) is 0.801. The van der Waals surface area contributed by atoms with Crippen molar-refractivity contribution in [1.82, 2.24) is 4.90 Å². The lowest BCUT2D eigenvalue weighted by Crippen LogP contribution is -2.24. The zero-order chi connectivity index (χ0) is 13.0. The molecule has 18 heavy (non-hydrogen) atoms. The van der Waals surface area contributed by atoms with Crippen LogP contribution in [0.3, 0.4) is 0 Å². The third kappa shape index (κ3) is 2.61. The van der Waals surface area contributed by atoms with Gasteiger partial charge < -0.3 is 15.0 Å². The number of carbonyl (C=O) groups is 2. The summed E-state index contributed by atoms with van der Waals surface area (Å²) in [6.45, 7) is 1.31. The van der Waals surface area contributed by atoms with Crippen LogP contribution in [0.15, 0.2) is 18.2 Å². The molecule has 1 fully saturated rings. The van der Waals surface area contributed by atoms with Gasteiger partial charge in [-0.3, -0.25) is 9.59 Å². The van der Waals surface area contributed by atoms with Crippen molar-refractivity contribution in [1.29, 1.82) is 0 Å². The second-order valence-electron chi connectivity index (χ2n) is 4.21. The van der Waals surface area contributed by atoms with Crippen molar-refractivity contribution in [2.45, 2.75) is 19.4 Å². The minimum atomic E-state index is 0.172. The molecule has 1 saturated heterocycles. The maximum atomic E-state index is 11.6. The molecule has 0 aliphatic carbocycles. The van der Waals surface area contributed by atoms with Crippen LogP contribution in [0.2, 0.25) is 0 Å². The lowest BCUT2D eigenvalue weighted by atomic mass is 10.1. The number of hydrogen-bond acceptors (Lipinski definition) is 3. The van der Waals surface area contributed by atoms with Gasteiger partial charge in [-0.25, -0.2) is 0 Å². The predicted molar refractivity (Wildman–Crippen MR) is 67.3 cm³/mol. The van der Waals surface area contributed by atoms with Gasteiger partial charge in [0.15, 0.2) is 0 Å². The van der Waals surface area contributed by atoms with Crippen LogP contribution in [0.25, 0.3) is 0 Å². The van der Waals surface area contributed by atoms with Crippen LogP contribution in [0, 0.1) is 0 Å². The summed E-state index contributed by atoms with van der Waals surface area (Å²) < 4.78 is 5.27. The summed E-state index contributed by atoms with van der Waals surface area (Å²) in [7, 11) is 1.59. The van der Waals surface area contributed by atoms with E-state index in [2.05, 4.69) is 5.32 Å². The number of carbonyl (C=O) groups excluding carboxylic acids is 2. The Bertz CT molecular complexity index is 460. The van der Waals surface area contributed by atoms with E-state index in [9.17, 15) is 9.59 Å². The minimum Gasteiger partial charge on any atom is -0.496 e. The highest BCUT2D eigenvalue weighted by molar-refractivity contribution is 5.78.